The first-order valence-corrected chi connectivity index (χ1v) is 10.9. The minimum atomic E-state index is -0.172. The van der Waals surface area contributed by atoms with Crippen molar-refractivity contribution in [1.82, 2.24) is 4.90 Å². The molecule has 1 aliphatic heterocycles. The molecule has 1 saturated heterocycles. The summed E-state index contributed by atoms with van der Waals surface area (Å²) in [6.07, 6.45) is 3.44. The lowest BCUT2D eigenvalue weighted by Crippen LogP contribution is -2.36. The van der Waals surface area contributed by atoms with Gasteiger partial charge in [0, 0.05) is 30.3 Å². The lowest BCUT2D eigenvalue weighted by atomic mass is 10.1. The second-order valence-electron chi connectivity index (χ2n) is 7.98. The van der Waals surface area contributed by atoms with Gasteiger partial charge in [-0.3, -0.25) is 9.69 Å². The lowest BCUT2D eigenvalue weighted by molar-refractivity contribution is 0.0106. The van der Waals surface area contributed by atoms with Crippen molar-refractivity contribution < 1.29 is 9.15 Å². The molecular formula is C27H25NO3. The fraction of sp³-hybridized carbons (Fsp3) is 0.222. The van der Waals surface area contributed by atoms with Gasteiger partial charge in [0.2, 0.25) is 0 Å². The Labute approximate surface area is 181 Å². The average Bonchev–Trinajstić information content (AvgIpc) is 2.84. The van der Waals surface area contributed by atoms with E-state index in [2.05, 4.69) is 17.0 Å². The van der Waals surface area contributed by atoms with E-state index in [1.165, 1.54) is 19.3 Å². The smallest absolute Gasteiger partial charge is 0.193 e. The van der Waals surface area contributed by atoms with E-state index in [4.69, 9.17) is 9.15 Å². The third-order valence-corrected chi connectivity index (χ3v) is 5.81. The van der Waals surface area contributed by atoms with E-state index < -0.39 is 0 Å². The van der Waals surface area contributed by atoms with Crippen molar-refractivity contribution in [3.8, 4) is 17.1 Å². The number of likely N-dealkylation sites (tertiary alicyclic amines) is 1. The van der Waals surface area contributed by atoms with Crippen LogP contribution >= 0.6 is 0 Å². The van der Waals surface area contributed by atoms with Crippen molar-refractivity contribution in [2.45, 2.75) is 25.5 Å². The zero-order valence-electron chi connectivity index (χ0n) is 17.4. The summed E-state index contributed by atoms with van der Waals surface area (Å²) in [6, 6.07) is 27.0. The molecule has 0 spiro atoms. The molecule has 31 heavy (non-hydrogen) atoms. The van der Waals surface area contributed by atoms with Gasteiger partial charge in [-0.15, -0.1) is 0 Å². The molecule has 4 nitrogen and oxygen atoms in total. The SMILES string of the molecule is O=c1cc(-c2ccccc2)oc2ccc(OC(c3ccccc3)N3CCCCC3)cc12. The number of hydrogen-bond donors (Lipinski definition) is 0. The number of rotatable bonds is 5. The van der Waals surface area contributed by atoms with E-state index in [-0.39, 0.29) is 11.7 Å². The van der Waals surface area contributed by atoms with Gasteiger partial charge >= 0.3 is 0 Å². The molecule has 5 rings (SSSR count). The van der Waals surface area contributed by atoms with Crippen molar-refractivity contribution in [2.75, 3.05) is 13.1 Å². The van der Waals surface area contributed by atoms with Crippen LogP contribution in [0.5, 0.6) is 5.75 Å². The summed E-state index contributed by atoms with van der Waals surface area (Å²) < 4.78 is 12.5. The molecule has 4 aromatic rings. The minimum Gasteiger partial charge on any atom is -0.471 e. The van der Waals surface area contributed by atoms with Gasteiger partial charge in [0.25, 0.3) is 0 Å². The largest absolute Gasteiger partial charge is 0.471 e. The number of hydrogen-bond acceptors (Lipinski definition) is 4. The van der Waals surface area contributed by atoms with E-state index in [0.29, 0.717) is 22.5 Å². The maximum Gasteiger partial charge on any atom is 0.193 e. The van der Waals surface area contributed by atoms with Gasteiger partial charge in [-0.1, -0.05) is 67.1 Å². The van der Waals surface area contributed by atoms with Gasteiger partial charge in [0.15, 0.2) is 11.7 Å². The second-order valence-corrected chi connectivity index (χ2v) is 7.98. The van der Waals surface area contributed by atoms with Crippen LogP contribution in [0.1, 0.15) is 31.1 Å². The third-order valence-electron chi connectivity index (χ3n) is 5.81. The summed E-state index contributed by atoms with van der Waals surface area (Å²) in [5.41, 5.74) is 2.50. The molecule has 1 fully saturated rings. The molecule has 4 heteroatoms. The van der Waals surface area contributed by atoms with Gasteiger partial charge in [-0.05, 0) is 31.0 Å². The summed E-state index contributed by atoms with van der Waals surface area (Å²) in [6.45, 7) is 2.02. The van der Waals surface area contributed by atoms with Gasteiger partial charge in [-0.2, -0.15) is 0 Å². The Kier molecular flexibility index (Phi) is 5.55. The normalized spacial score (nSPS) is 15.6. The molecule has 0 aliphatic carbocycles. The molecular weight excluding hydrogens is 386 g/mol. The van der Waals surface area contributed by atoms with Crippen LogP contribution in [0.15, 0.2) is 94.1 Å². The lowest BCUT2D eigenvalue weighted by Gasteiger charge is -2.34. The summed E-state index contributed by atoms with van der Waals surface area (Å²) in [4.78, 5) is 15.2. The van der Waals surface area contributed by atoms with Gasteiger partial charge in [0.1, 0.15) is 17.1 Å². The highest BCUT2D eigenvalue weighted by atomic mass is 16.5. The molecule has 0 amide bonds. The zero-order chi connectivity index (χ0) is 21.0. The van der Waals surface area contributed by atoms with Crippen molar-refractivity contribution in [3.63, 3.8) is 0 Å². The molecule has 1 atom stereocenters. The Hall–Kier alpha value is -3.37. The molecule has 156 valence electrons. The van der Waals surface area contributed by atoms with Crippen molar-refractivity contribution in [3.05, 3.63) is 101 Å². The summed E-state index contributed by atoms with van der Waals surface area (Å²) in [7, 11) is 0. The monoisotopic (exact) mass is 411 g/mol. The summed E-state index contributed by atoms with van der Waals surface area (Å²) in [5, 5.41) is 0.530. The minimum absolute atomic E-state index is 0.0696. The molecule has 3 aromatic carbocycles. The molecule has 0 bridgehead atoms. The molecule has 0 radical (unpaired) electrons. The predicted octanol–water partition coefficient (Wildman–Crippen LogP) is 6.02. The Morgan fingerprint density at radius 3 is 2.26 bits per heavy atom. The molecule has 0 N–H and O–H groups in total. The highest BCUT2D eigenvalue weighted by molar-refractivity contribution is 5.80. The molecule has 1 aliphatic rings. The van der Waals surface area contributed by atoms with Gasteiger partial charge in [0.05, 0.1) is 5.39 Å². The maximum absolute atomic E-state index is 12.9. The standard InChI is InChI=1S/C27H25NO3/c29-24-19-26(20-10-4-1-5-11-20)31-25-15-14-22(18-23(24)25)30-27(21-12-6-2-7-13-21)28-16-8-3-9-17-28/h1-2,4-7,10-15,18-19,27H,3,8-9,16-17H2. The van der Waals surface area contributed by atoms with Crippen LogP contribution < -0.4 is 10.2 Å². The van der Waals surface area contributed by atoms with Gasteiger partial charge < -0.3 is 9.15 Å². The van der Waals surface area contributed by atoms with E-state index in [1.54, 1.807) is 12.1 Å². The highest BCUT2D eigenvalue weighted by Gasteiger charge is 2.24. The number of piperidine rings is 1. The quantitative estimate of drug-likeness (QED) is 0.402. The first-order valence-electron chi connectivity index (χ1n) is 10.9. The summed E-state index contributed by atoms with van der Waals surface area (Å²) in [5.74, 6) is 1.24. The second kappa shape index (κ2) is 8.78. The molecule has 2 heterocycles. The van der Waals surface area contributed by atoms with E-state index in [1.807, 2.05) is 60.7 Å². The van der Waals surface area contributed by atoms with E-state index >= 15 is 0 Å². The third kappa shape index (κ3) is 4.25. The number of benzene rings is 3. The number of nitrogens with zero attached hydrogens (tertiary/aromatic N) is 1. The van der Waals surface area contributed by atoms with Crippen LogP contribution in [0, 0.1) is 0 Å². The molecule has 1 aromatic heterocycles. The Balaban J connectivity index is 1.49. The number of fused-ring (bicyclic) bond motifs is 1. The van der Waals surface area contributed by atoms with E-state index in [0.717, 1.165) is 24.2 Å². The Bertz CT molecular complexity index is 1210. The highest BCUT2D eigenvalue weighted by Crippen LogP contribution is 2.30. The topological polar surface area (TPSA) is 42.7 Å². The van der Waals surface area contributed by atoms with Crippen molar-refractivity contribution in [1.29, 1.82) is 0 Å². The van der Waals surface area contributed by atoms with E-state index in [9.17, 15) is 4.79 Å². The zero-order valence-corrected chi connectivity index (χ0v) is 17.4. The van der Waals surface area contributed by atoms with Crippen LogP contribution in [0.3, 0.4) is 0 Å². The Morgan fingerprint density at radius 2 is 1.52 bits per heavy atom. The van der Waals surface area contributed by atoms with Crippen LogP contribution in [0.25, 0.3) is 22.3 Å². The maximum atomic E-state index is 12.9. The van der Waals surface area contributed by atoms with Crippen molar-refractivity contribution in [2.24, 2.45) is 0 Å². The van der Waals surface area contributed by atoms with Crippen LogP contribution in [0.4, 0.5) is 0 Å². The average molecular weight is 412 g/mol. The molecule has 1 unspecified atom stereocenters. The first kappa shape index (κ1) is 19.6. The van der Waals surface area contributed by atoms with Gasteiger partial charge in [-0.25, -0.2) is 0 Å². The summed E-state index contributed by atoms with van der Waals surface area (Å²) >= 11 is 0. The number of ether oxygens (including phenoxy) is 1. The van der Waals surface area contributed by atoms with Crippen LogP contribution in [-0.4, -0.2) is 18.0 Å². The Morgan fingerprint density at radius 1 is 0.806 bits per heavy atom. The molecule has 0 saturated carbocycles. The predicted molar refractivity (Wildman–Crippen MR) is 123 cm³/mol. The van der Waals surface area contributed by atoms with Crippen LogP contribution in [0.2, 0.25) is 0 Å². The fourth-order valence-corrected chi connectivity index (χ4v) is 4.21. The van der Waals surface area contributed by atoms with Crippen LogP contribution in [-0.2, 0) is 0 Å². The van der Waals surface area contributed by atoms with Crippen molar-refractivity contribution >= 4 is 11.0 Å². The first-order chi connectivity index (χ1) is 15.3. The fourth-order valence-electron chi connectivity index (χ4n) is 4.21.